The topological polar surface area (TPSA) is 47.0 Å². The zero-order chi connectivity index (χ0) is 12.3. The summed E-state index contributed by atoms with van der Waals surface area (Å²) in [6.45, 7) is 5.86. The SMILES string of the molecule is CC(C)c1nc(Br)cc(NC2CCOCC2)n1. The highest BCUT2D eigenvalue weighted by Crippen LogP contribution is 2.19. The van der Waals surface area contributed by atoms with Crippen molar-refractivity contribution < 1.29 is 4.74 Å². The molecule has 2 rings (SSSR count). The van der Waals surface area contributed by atoms with Gasteiger partial charge < -0.3 is 10.1 Å². The van der Waals surface area contributed by atoms with E-state index in [1.807, 2.05) is 6.07 Å². The lowest BCUT2D eigenvalue weighted by molar-refractivity contribution is 0.0904. The summed E-state index contributed by atoms with van der Waals surface area (Å²) >= 11 is 3.43. The lowest BCUT2D eigenvalue weighted by Crippen LogP contribution is -2.28. The minimum Gasteiger partial charge on any atom is -0.381 e. The van der Waals surface area contributed by atoms with E-state index < -0.39 is 0 Å². The summed E-state index contributed by atoms with van der Waals surface area (Å²) in [4.78, 5) is 8.90. The molecule has 17 heavy (non-hydrogen) atoms. The molecule has 0 aliphatic carbocycles. The van der Waals surface area contributed by atoms with E-state index in [4.69, 9.17) is 4.74 Å². The molecule has 0 radical (unpaired) electrons. The van der Waals surface area contributed by atoms with Gasteiger partial charge in [-0.05, 0) is 28.8 Å². The van der Waals surface area contributed by atoms with Gasteiger partial charge in [0.15, 0.2) is 0 Å². The Morgan fingerprint density at radius 3 is 2.71 bits per heavy atom. The van der Waals surface area contributed by atoms with Crippen molar-refractivity contribution in [2.45, 2.75) is 38.6 Å². The molecule has 0 amide bonds. The molecule has 0 bridgehead atoms. The Kier molecular flexibility index (Phi) is 4.34. The van der Waals surface area contributed by atoms with Gasteiger partial charge in [-0.1, -0.05) is 13.8 Å². The molecular formula is C12H18BrN3O. The van der Waals surface area contributed by atoms with Gasteiger partial charge >= 0.3 is 0 Å². The van der Waals surface area contributed by atoms with Crippen LogP contribution in [0, 0.1) is 0 Å². The molecule has 0 unspecified atom stereocenters. The number of nitrogens with one attached hydrogen (secondary N) is 1. The van der Waals surface area contributed by atoms with Crippen molar-refractivity contribution in [1.29, 1.82) is 0 Å². The van der Waals surface area contributed by atoms with Crippen LogP contribution in [0.25, 0.3) is 0 Å². The molecule has 1 aromatic rings. The summed E-state index contributed by atoms with van der Waals surface area (Å²) < 4.78 is 6.18. The maximum atomic E-state index is 5.34. The third-order valence-corrected chi connectivity index (χ3v) is 3.21. The minimum absolute atomic E-state index is 0.336. The van der Waals surface area contributed by atoms with Crippen LogP contribution >= 0.6 is 15.9 Å². The van der Waals surface area contributed by atoms with Crippen LogP contribution in [0.1, 0.15) is 38.4 Å². The van der Waals surface area contributed by atoms with Crippen LogP contribution < -0.4 is 5.32 Å². The molecule has 2 heterocycles. The minimum atomic E-state index is 0.336. The number of aromatic nitrogens is 2. The van der Waals surface area contributed by atoms with Gasteiger partial charge in [0.25, 0.3) is 0 Å². The third-order valence-electron chi connectivity index (χ3n) is 2.80. The first-order valence-electron chi connectivity index (χ1n) is 6.04. The number of hydrogen-bond donors (Lipinski definition) is 1. The van der Waals surface area contributed by atoms with Gasteiger partial charge in [0.1, 0.15) is 16.2 Å². The maximum absolute atomic E-state index is 5.34. The molecule has 0 aromatic carbocycles. The van der Waals surface area contributed by atoms with Crippen LogP contribution in [0.15, 0.2) is 10.7 Å². The predicted octanol–water partition coefficient (Wildman–Crippen LogP) is 2.95. The van der Waals surface area contributed by atoms with Gasteiger partial charge in [0, 0.05) is 31.2 Å². The van der Waals surface area contributed by atoms with E-state index in [1.165, 1.54) is 0 Å². The molecule has 1 N–H and O–H groups in total. The molecule has 0 atom stereocenters. The van der Waals surface area contributed by atoms with Gasteiger partial charge in [-0.15, -0.1) is 0 Å². The van der Waals surface area contributed by atoms with Crippen molar-refractivity contribution in [3.8, 4) is 0 Å². The fourth-order valence-electron chi connectivity index (χ4n) is 1.82. The highest BCUT2D eigenvalue weighted by molar-refractivity contribution is 9.10. The van der Waals surface area contributed by atoms with E-state index in [-0.39, 0.29) is 0 Å². The number of rotatable bonds is 3. The van der Waals surface area contributed by atoms with Crippen LogP contribution in [0.5, 0.6) is 0 Å². The summed E-state index contributed by atoms with van der Waals surface area (Å²) in [6, 6.07) is 2.40. The Labute approximate surface area is 110 Å². The van der Waals surface area contributed by atoms with Crippen LogP contribution in [-0.4, -0.2) is 29.2 Å². The number of ether oxygens (including phenoxy) is 1. The Balaban J connectivity index is 2.09. The Bertz CT molecular complexity index is 378. The van der Waals surface area contributed by atoms with Gasteiger partial charge in [0.05, 0.1) is 0 Å². The summed E-state index contributed by atoms with van der Waals surface area (Å²) in [5.74, 6) is 2.11. The van der Waals surface area contributed by atoms with Gasteiger partial charge in [0.2, 0.25) is 0 Å². The molecule has 4 nitrogen and oxygen atoms in total. The second-order valence-electron chi connectivity index (χ2n) is 4.62. The lowest BCUT2D eigenvalue weighted by atomic mass is 10.1. The average molecular weight is 300 g/mol. The van der Waals surface area contributed by atoms with Crippen molar-refractivity contribution in [1.82, 2.24) is 9.97 Å². The second kappa shape index (κ2) is 5.78. The predicted molar refractivity (Wildman–Crippen MR) is 71.3 cm³/mol. The van der Waals surface area contributed by atoms with E-state index in [2.05, 4.69) is 45.1 Å². The third kappa shape index (κ3) is 3.64. The largest absolute Gasteiger partial charge is 0.381 e. The molecule has 94 valence electrons. The molecule has 1 saturated heterocycles. The zero-order valence-electron chi connectivity index (χ0n) is 10.2. The summed E-state index contributed by atoms with van der Waals surface area (Å²) in [5.41, 5.74) is 0. The Morgan fingerprint density at radius 2 is 2.06 bits per heavy atom. The van der Waals surface area contributed by atoms with Crippen LogP contribution in [0.4, 0.5) is 5.82 Å². The number of nitrogens with zero attached hydrogens (tertiary/aromatic N) is 2. The van der Waals surface area contributed by atoms with Crippen molar-refractivity contribution in [3.63, 3.8) is 0 Å². The zero-order valence-corrected chi connectivity index (χ0v) is 11.8. The highest BCUT2D eigenvalue weighted by atomic mass is 79.9. The van der Waals surface area contributed by atoms with E-state index >= 15 is 0 Å². The first kappa shape index (κ1) is 12.8. The molecule has 1 aliphatic heterocycles. The van der Waals surface area contributed by atoms with Gasteiger partial charge in [-0.3, -0.25) is 0 Å². The quantitative estimate of drug-likeness (QED) is 0.872. The molecule has 1 aromatic heterocycles. The van der Waals surface area contributed by atoms with Crippen molar-refractivity contribution in [2.75, 3.05) is 18.5 Å². The summed E-state index contributed by atoms with van der Waals surface area (Å²) in [5, 5.41) is 3.46. The Hall–Kier alpha value is -0.680. The number of anilines is 1. The summed E-state index contributed by atoms with van der Waals surface area (Å²) in [7, 11) is 0. The first-order chi connectivity index (χ1) is 8.15. The van der Waals surface area contributed by atoms with Gasteiger partial charge in [-0.2, -0.15) is 0 Å². The van der Waals surface area contributed by atoms with E-state index in [1.54, 1.807) is 0 Å². The number of hydrogen-bond acceptors (Lipinski definition) is 4. The monoisotopic (exact) mass is 299 g/mol. The molecule has 1 fully saturated rings. The first-order valence-corrected chi connectivity index (χ1v) is 6.83. The summed E-state index contributed by atoms with van der Waals surface area (Å²) in [6.07, 6.45) is 2.08. The maximum Gasteiger partial charge on any atom is 0.134 e. The van der Waals surface area contributed by atoms with Crippen molar-refractivity contribution in [3.05, 3.63) is 16.5 Å². The van der Waals surface area contributed by atoms with Gasteiger partial charge in [-0.25, -0.2) is 9.97 Å². The van der Waals surface area contributed by atoms with E-state index in [0.29, 0.717) is 12.0 Å². The fourth-order valence-corrected chi connectivity index (χ4v) is 2.22. The second-order valence-corrected chi connectivity index (χ2v) is 5.43. The molecule has 1 aliphatic rings. The highest BCUT2D eigenvalue weighted by Gasteiger charge is 2.15. The Morgan fingerprint density at radius 1 is 1.35 bits per heavy atom. The fraction of sp³-hybridized carbons (Fsp3) is 0.667. The van der Waals surface area contributed by atoms with E-state index in [9.17, 15) is 0 Å². The average Bonchev–Trinajstić information content (AvgIpc) is 2.29. The van der Waals surface area contributed by atoms with Crippen molar-refractivity contribution in [2.24, 2.45) is 0 Å². The lowest BCUT2D eigenvalue weighted by Gasteiger charge is -2.23. The van der Waals surface area contributed by atoms with E-state index in [0.717, 1.165) is 42.3 Å². The molecular weight excluding hydrogens is 282 g/mol. The van der Waals surface area contributed by atoms with Crippen LogP contribution in [-0.2, 0) is 4.74 Å². The van der Waals surface area contributed by atoms with Crippen LogP contribution in [0.3, 0.4) is 0 Å². The standard InChI is InChI=1S/C12H18BrN3O/c1-8(2)12-15-10(13)7-11(16-12)14-9-3-5-17-6-4-9/h7-9H,3-6H2,1-2H3,(H,14,15,16). The van der Waals surface area contributed by atoms with Crippen LogP contribution in [0.2, 0.25) is 0 Å². The molecule has 0 spiro atoms. The molecule has 0 saturated carbocycles. The smallest absolute Gasteiger partial charge is 0.134 e. The molecule has 5 heteroatoms. The van der Waals surface area contributed by atoms with Crippen molar-refractivity contribution >= 4 is 21.7 Å². The normalized spacial score (nSPS) is 17.4. The number of halogens is 1.